The molecule has 3 aromatic heterocycles. The third-order valence-corrected chi connectivity index (χ3v) is 6.42. The second-order valence-corrected chi connectivity index (χ2v) is 8.81. The predicted molar refractivity (Wildman–Crippen MR) is 126 cm³/mol. The maximum atomic E-state index is 14.2. The Morgan fingerprint density at radius 3 is 2.64 bits per heavy atom. The average molecular weight is 470 g/mol. The van der Waals surface area contributed by atoms with Crippen LogP contribution in [-0.4, -0.2) is 25.9 Å². The van der Waals surface area contributed by atoms with Crippen LogP contribution in [-0.2, 0) is 20.5 Å². The van der Waals surface area contributed by atoms with Crippen LogP contribution in [0.4, 0.5) is 20.3 Å². The summed E-state index contributed by atoms with van der Waals surface area (Å²) in [6.07, 6.45) is 2.28. The third-order valence-electron chi connectivity index (χ3n) is 6.23. The minimum absolute atomic E-state index is 0.0523. The number of rotatable bonds is 3. The molecule has 0 N–H and O–H groups in total. The SMILES string of the molecule is Cc1cc2c(N3CCCc4cc(-c5cnn(C)c5)c(C(F)F)cc43)nc(Cl)cc2n(C)c1=O. The first kappa shape index (κ1) is 21.6. The molecule has 1 aliphatic rings. The van der Waals surface area contributed by atoms with Gasteiger partial charge in [-0.25, -0.2) is 13.8 Å². The Hall–Kier alpha value is -3.26. The van der Waals surface area contributed by atoms with Crippen LogP contribution in [0.2, 0.25) is 5.15 Å². The van der Waals surface area contributed by atoms with Gasteiger partial charge in [-0.3, -0.25) is 9.48 Å². The molecule has 33 heavy (non-hydrogen) atoms. The smallest absolute Gasteiger partial charge is 0.264 e. The maximum Gasteiger partial charge on any atom is 0.264 e. The van der Waals surface area contributed by atoms with E-state index in [0.29, 0.717) is 40.3 Å². The molecule has 5 rings (SSSR count). The van der Waals surface area contributed by atoms with Crippen molar-refractivity contribution in [1.82, 2.24) is 19.3 Å². The van der Waals surface area contributed by atoms with Gasteiger partial charge in [-0.15, -0.1) is 0 Å². The number of pyridine rings is 2. The summed E-state index contributed by atoms with van der Waals surface area (Å²) in [4.78, 5) is 19.0. The van der Waals surface area contributed by atoms with E-state index in [2.05, 4.69) is 10.1 Å². The summed E-state index contributed by atoms with van der Waals surface area (Å²) in [6, 6.07) is 6.85. The quantitative estimate of drug-likeness (QED) is 0.381. The minimum atomic E-state index is -2.65. The number of alkyl halides is 2. The van der Waals surface area contributed by atoms with E-state index in [0.717, 1.165) is 23.8 Å². The zero-order valence-electron chi connectivity index (χ0n) is 18.4. The molecule has 0 saturated carbocycles. The molecule has 9 heteroatoms. The summed E-state index contributed by atoms with van der Waals surface area (Å²) in [7, 11) is 3.45. The first-order valence-electron chi connectivity index (χ1n) is 10.6. The molecule has 4 aromatic rings. The molecule has 4 heterocycles. The van der Waals surface area contributed by atoms with Crippen molar-refractivity contribution in [2.24, 2.45) is 14.1 Å². The van der Waals surface area contributed by atoms with Crippen LogP contribution in [0.1, 0.15) is 29.5 Å². The van der Waals surface area contributed by atoms with E-state index in [9.17, 15) is 13.6 Å². The molecular weight excluding hydrogens is 448 g/mol. The lowest BCUT2D eigenvalue weighted by Gasteiger charge is -2.32. The van der Waals surface area contributed by atoms with Crippen LogP contribution < -0.4 is 10.5 Å². The maximum absolute atomic E-state index is 14.2. The molecule has 170 valence electrons. The number of halogens is 3. The highest BCUT2D eigenvalue weighted by molar-refractivity contribution is 6.30. The van der Waals surface area contributed by atoms with Crippen molar-refractivity contribution < 1.29 is 8.78 Å². The van der Waals surface area contributed by atoms with Crippen molar-refractivity contribution in [3.8, 4) is 11.1 Å². The zero-order valence-corrected chi connectivity index (χ0v) is 19.2. The highest BCUT2D eigenvalue weighted by Gasteiger charge is 2.27. The lowest BCUT2D eigenvalue weighted by atomic mass is 9.93. The lowest BCUT2D eigenvalue weighted by Crippen LogP contribution is -2.27. The van der Waals surface area contributed by atoms with Gasteiger partial charge in [-0.2, -0.15) is 5.10 Å². The summed E-state index contributed by atoms with van der Waals surface area (Å²) < 4.78 is 31.5. The fourth-order valence-corrected chi connectivity index (χ4v) is 4.82. The van der Waals surface area contributed by atoms with Gasteiger partial charge in [0, 0.05) is 60.7 Å². The Kier molecular flexibility index (Phi) is 5.20. The summed E-state index contributed by atoms with van der Waals surface area (Å²) >= 11 is 6.34. The minimum Gasteiger partial charge on any atom is -0.325 e. The third kappa shape index (κ3) is 3.58. The van der Waals surface area contributed by atoms with Crippen LogP contribution in [0.25, 0.3) is 22.0 Å². The van der Waals surface area contributed by atoms with Crippen LogP contribution in [0.3, 0.4) is 0 Å². The Bertz CT molecular complexity index is 1460. The van der Waals surface area contributed by atoms with Crippen LogP contribution in [0.5, 0.6) is 0 Å². The molecule has 0 unspecified atom stereocenters. The van der Waals surface area contributed by atoms with E-state index >= 15 is 0 Å². The molecular formula is C24H22ClF2N5O. The first-order chi connectivity index (χ1) is 15.7. The molecule has 1 aliphatic heterocycles. The molecule has 0 fully saturated rings. The topological polar surface area (TPSA) is 56.0 Å². The molecule has 0 amide bonds. The zero-order chi connectivity index (χ0) is 23.4. The van der Waals surface area contributed by atoms with Crippen molar-refractivity contribution in [3.05, 3.63) is 68.9 Å². The lowest BCUT2D eigenvalue weighted by molar-refractivity contribution is 0.152. The number of fused-ring (bicyclic) bond motifs is 2. The van der Waals surface area contributed by atoms with Crippen LogP contribution >= 0.6 is 11.6 Å². The van der Waals surface area contributed by atoms with E-state index in [1.165, 1.54) is 0 Å². The van der Waals surface area contributed by atoms with Gasteiger partial charge in [-0.05, 0) is 49.1 Å². The number of anilines is 2. The molecule has 1 aromatic carbocycles. The summed E-state index contributed by atoms with van der Waals surface area (Å²) in [5.41, 5.74) is 3.85. The van der Waals surface area contributed by atoms with E-state index in [1.807, 2.05) is 11.0 Å². The van der Waals surface area contributed by atoms with Crippen molar-refractivity contribution in [1.29, 1.82) is 0 Å². The molecule has 0 aliphatic carbocycles. The molecule has 0 atom stereocenters. The Morgan fingerprint density at radius 2 is 1.94 bits per heavy atom. The number of hydrogen-bond donors (Lipinski definition) is 0. The van der Waals surface area contributed by atoms with Gasteiger partial charge in [0.25, 0.3) is 12.0 Å². The second kappa shape index (κ2) is 7.95. The van der Waals surface area contributed by atoms with E-state index in [4.69, 9.17) is 11.6 Å². The fraction of sp³-hybridized carbons (Fsp3) is 0.292. The highest BCUT2D eigenvalue weighted by Crippen LogP contribution is 2.42. The van der Waals surface area contributed by atoms with Gasteiger partial charge in [0.2, 0.25) is 0 Å². The van der Waals surface area contributed by atoms with E-state index < -0.39 is 6.43 Å². The molecule has 6 nitrogen and oxygen atoms in total. The molecule has 0 saturated heterocycles. The predicted octanol–water partition coefficient (Wildman–Crippen LogP) is 5.32. The van der Waals surface area contributed by atoms with E-state index in [-0.39, 0.29) is 16.3 Å². The molecule has 0 bridgehead atoms. The average Bonchev–Trinajstić information content (AvgIpc) is 3.22. The fourth-order valence-electron chi connectivity index (χ4n) is 4.63. The largest absolute Gasteiger partial charge is 0.325 e. The van der Waals surface area contributed by atoms with Gasteiger partial charge in [0.15, 0.2) is 0 Å². The van der Waals surface area contributed by atoms with Gasteiger partial charge in [-0.1, -0.05) is 11.6 Å². The van der Waals surface area contributed by atoms with Gasteiger partial charge < -0.3 is 9.47 Å². The second-order valence-electron chi connectivity index (χ2n) is 8.42. The van der Waals surface area contributed by atoms with E-state index in [1.54, 1.807) is 60.9 Å². The molecule has 0 spiro atoms. The number of hydrogen-bond acceptors (Lipinski definition) is 4. The number of aromatic nitrogens is 4. The standard InChI is InChI=1S/C24H22ClF2N5O/c1-13-7-18-20(31(3)24(13)33)10-21(25)29-23(18)32-6-4-5-14-8-16(15-11-28-30(2)12-15)17(22(26)27)9-19(14)32/h7-12,22H,4-6H2,1-3H3. The summed E-state index contributed by atoms with van der Waals surface area (Å²) in [5, 5.41) is 5.14. The molecule has 0 radical (unpaired) electrons. The van der Waals surface area contributed by atoms with Crippen molar-refractivity contribution >= 4 is 34.0 Å². The van der Waals surface area contributed by atoms with Gasteiger partial charge in [0.1, 0.15) is 11.0 Å². The number of nitrogens with zero attached hydrogens (tertiary/aromatic N) is 5. The number of benzene rings is 1. The highest BCUT2D eigenvalue weighted by atomic mass is 35.5. The van der Waals surface area contributed by atoms with Crippen LogP contribution in [0, 0.1) is 6.92 Å². The Morgan fingerprint density at radius 1 is 1.15 bits per heavy atom. The monoisotopic (exact) mass is 469 g/mol. The first-order valence-corrected chi connectivity index (χ1v) is 11.0. The van der Waals surface area contributed by atoms with Gasteiger partial charge in [0.05, 0.1) is 11.7 Å². The van der Waals surface area contributed by atoms with Crippen molar-refractivity contribution in [3.63, 3.8) is 0 Å². The summed E-state index contributed by atoms with van der Waals surface area (Å²) in [6.45, 7) is 2.35. The Balaban J connectivity index is 1.75. The van der Waals surface area contributed by atoms with Gasteiger partial charge >= 0.3 is 0 Å². The Labute approximate surface area is 194 Å². The van der Waals surface area contributed by atoms with Crippen LogP contribution in [0.15, 0.2) is 41.5 Å². The number of aryl methyl sites for hydroxylation is 4. The van der Waals surface area contributed by atoms with Crippen molar-refractivity contribution in [2.45, 2.75) is 26.2 Å². The normalized spacial score (nSPS) is 13.7. The van der Waals surface area contributed by atoms with Crippen molar-refractivity contribution in [2.75, 3.05) is 11.4 Å². The summed E-state index contributed by atoms with van der Waals surface area (Å²) in [5.74, 6) is 0.562.